The Morgan fingerprint density at radius 3 is 2.60 bits per heavy atom. The van der Waals surface area contributed by atoms with Gasteiger partial charge in [-0.15, -0.1) is 0 Å². The highest BCUT2D eigenvalue weighted by atomic mass is 32.1. The van der Waals surface area contributed by atoms with Crippen LogP contribution in [0.2, 0.25) is 0 Å². The second kappa shape index (κ2) is 8.71. The fraction of sp³-hybridized carbons (Fsp3) is 0.278. The van der Waals surface area contributed by atoms with Crippen molar-refractivity contribution in [2.45, 2.75) is 25.7 Å². The number of methoxy groups -OCH3 is 1. The van der Waals surface area contributed by atoms with E-state index in [9.17, 15) is 13.6 Å². The highest BCUT2D eigenvalue weighted by Crippen LogP contribution is 2.32. The molecule has 0 spiro atoms. The SMILES string of the molecule is COC(=O)Oc1cccc(CS)c1COc1ccc(C)cc1C(F)F. The van der Waals surface area contributed by atoms with Crippen LogP contribution in [0.3, 0.4) is 0 Å². The van der Waals surface area contributed by atoms with Crippen molar-refractivity contribution in [3.63, 3.8) is 0 Å². The normalized spacial score (nSPS) is 10.6. The number of alkyl halides is 2. The van der Waals surface area contributed by atoms with Gasteiger partial charge in [-0.25, -0.2) is 13.6 Å². The lowest BCUT2D eigenvalue weighted by Crippen LogP contribution is -2.11. The number of thiol groups is 1. The molecule has 134 valence electrons. The van der Waals surface area contributed by atoms with Gasteiger partial charge in [0, 0.05) is 11.3 Å². The third-order valence-corrected chi connectivity index (χ3v) is 3.87. The highest BCUT2D eigenvalue weighted by Gasteiger charge is 2.17. The molecule has 0 radical (unpaired) electrons. The number of rotatable bonds is 6. The van der Waals surface area contributed by atoms with Gasteiger partial charge in [0.05, 0.1) is 12.7 Å². The van der Waals surface area contributed by atoms with Gasteiger partial charge in [-0.3, -0.25) is 0 Å². The lowest BCUT2D eigenvalue weighted by molar-refractivity contribution is 0.120. The van der Waals surface area contributed by atoms with E-state index in [0.717, 1.165) is 5.56 Å². The highest BCUT2D eigenvalue weighted by molar-refractivity contribution is 7.79. The molecule has 0 amide bonds. The van der Waals surface area contributed by atoms with Gasteiger partial charge < -0.3 is 14.2 Å². The summed E-state index contributed by atoms with van der Waals surface area (Å²) in [6.45, 7) is 1.68. The van der Waals surface area contributed by atoms with Crippen molar-refractivity contribution >= 4 is 18.8 Å². The van der Waals surface area contributed by atoms with Gasteiger partial charge in [0.25, 0.3) is 6.43 Å². The average molecular weight is 368 g/mol. The van der Waals surface area contributed by atoms with E-state index in [2.05, 4.69) is 17.4 Å². The Bertz CT molecular complexity index is 750. The van der Waals surface area contributed by atoms with Crippen molar-refractivity contribution in [3.8, 4) is 11.5 Å². The third-order valence-electron chi connectivity index (χ3n) is 3.53. The first kappa shape index (κ1) is 19.1. The molecule has 0 bridgehead atoms. The Labute approximate surface area is 150 Å². The van der Waals surface area contributed by atoms with E-state index in [1.54, 1.807) is 31.2 Å². The monoisotopic (exact) mass is 368 g/mol. The van der Waals surface area contributed by atoms with E-state index >= 15 is 0 Å². The number of hydrogen-bond donors (Lipinski definition) is 1. The van der Waals surface area contributed by atoms with E-state index in [1.807, 2.05) is 0 Å². The van der Waals surface area contributed by atoms with Crippen LogP contribution in [0.4, 0.5) is 13.6 Å². The lowest BCUT2D eigenvalue weighted by Gasteiger charge is -2.16. The van der Waals surface area contributed by atoms with Crippen molar-refractivity contribution in [2.24, 2.45) is 0 Å². The Kier molecular flexibility index (Phi) is 6.64. The zero-order valence-corrected chi connectivity index (χ0v) is 14.7. The predicted octanol–water partition coefficient (Wildman–Crippen LogP) is 5.09. The largest absolute Gasteiger partial charge is 0.513 e. The lowest BCUT2D eigenvalue weighted by atomic mass is 10.1. The number of carbonyl (C=O) groups is 1. The molecule has 2 aromatic carbocycles. The molecule has 0 aliphatic heterocycles. The van der Waals surface area contributed by atoms with Crippen LogP contribution in [0.1, 0.15) is 28.7 Å². The molecule has 4 nitrogen and oxygen atoms in total. The van der Waals surface area contributed by atoms with Gasteiger partial charge in [0.15, 0.2) is 0 Å². The number of carbonyl (C=O) groups excluding carboxylic acids is 1. The first-order valence-electron chi connectivity index (χ1n) is 7.45. The predicted molar refractivity (Wildman–Crippen MR) is 92.6 cm³/mol. The van der Waals surface area contributed by atoms with E-state index in [-0.39, 0.29) is 23.7 Å². The quantitative estimate of drug-likeness (QED) is 0.438. The van der Waals surface area contributed by atoms with Crippen molar-refractivity contribution in [2.75, 3.05) is 7.11 Å². The maximum Gasteiger partial charge on any atom is 0.513 e. The van der Waals surface area contributed by atoms with Gasteiger partial charge in [-0.2, -0.15) is 12.6 Å². The second-order valence-corrected chi connectivity index (χ2v) is 5.56. The van der Waals surface area contributed by atoms with E-state index in [0.29, 0.717) is 16.9 Å². The van der Waals surface area contributed by atoms with Crippen LogP contribution < -0.4 is 9.47 Å². The van der Waals surface area contributed by atoms with Gasteiger partial charge in [-0.1, -0.05) is 23.8 Å². The minimum absolute atomic E-state index is 0.0498. The van der Waals surface area contributed by atoms with Crippen molar-refractivity contribution in [1.29, 1.82) is 0 Å². The van der Waals surface area contributed by atoms with Crippen molar-refractivity contribution in [3.05, 3.63) is 58.7 Å². The summed E-state index contributed by atoms with van der Waals surface area (Å²) in [5.74, 6) is 0.690. The standard InChI is InChI=1S/C18H18F2O4S/c1-11-6-7-15(13(8-11)17(19)20)23-9-14-12(10-25)4-3-5-16(14)24-18(21)22-2/h3-8,17,25H,9-10H2,1-2H3. The summed E-state index contributed by atoms with van der Waals surface area (Å²) < 4.78 is 41.6. The van der Waals surface area contributed by atoms with Gasteiger partial charge in [0.2, 0.25) is 0 Å². The summed E-state index contributed by atoms with van der Waals surface area (Å²) in [4.78, 5) is 11.4. The van der Waals surface area contributed by atoms with Crippen LogP contribution in [-0.4, -0.2) is 13.3 Å². The number of ether oxygens (including phenoxy) is 3. The maximum absolute atomic E-state index is 13.2. The van der Waals surface area contributed by atoms with E-state index in [4.69, 9.17) is 9.47 Å². The summed E-state index contributed by atoms with van der Waals surface area (Å²) in [6, 6.07) is 9.64. The minimum atomic E-state index is -2.65. The zero-order chi connectivity index (χ0) is 18.4. The van der Waals surface area contributed by atoms with E-state index < -0.39 is 12.6 Å². The third kappa shape index (κ3) is 4.85. The van der Waals surface area contributed by atoms with Crippen LogP contribution in [0.25, 0.3) is 0 Å². The van der Waals surface area contributed by atoms with Crippen LogP contribution in [0.5, 0.6) is 11.5 Å². The maximum atomic E-state index is 13.2. The van der Waals surface area contributed by atoms with Gasteiger partial charge >= 0.3 is 6.16 Å². The molecule has 0 unspecified atom stereocenters. The fourth-order valence-corrected chi connectivity index (χ4v) is 2.57. The molecular weight excluding hydrogens is 350 g/mol. The molecule has 2 aromatic rings. The zero-order valence-electron chi connectivity index (χ0n) is 13.8. The average Bonchev–Trinajstić information content (AvgIpc) is 2.60. The molecule has 0 fully saturated rings. The smallest absolute Gasteiger partial charge is 0.488 e. The first-order valence-corrected chi connectivity index (χ1v) is 8.08. The van der Waals surface area contributed by atoms with Gasteiger partial charge in [-0.05, 0) is 30.7 Å². The summed E-state index contributed by atoms with van der Waals surface area (Å²) in [7, 11) is 1.20. The second-order valence-electron chi connectivity index (χ2n) is 5.24. The van der Waals surface area contributed by atoms with Crippen LogP contribution >= 0.6 is 12.6 Å². The number of aryl methyl sites for hydroxylation is 1. The summed E-state index contributed by atoms with van der Waals surface area (Å²) in [5, 5.41) is 0. The molecule has 0 atom stereocenters. The van der Waals surface area contributed by atoms with Crippen LogP contribution in [0.15, 0.2) is 36.4 Å². The molecule has 2 rings (SSSR count). The molecular formula is C18H18F2O4S. The first-order chi connectivity index (χ1) is 12.0. The molecule has 0 aliphatic carbocycles. The Hall–Kier alpha value is -2.28. The Morgan fingerprint density at radius 1 is 1.20 bits per heavy atom. The molecule has 0 aliphatic rings. The Balaban J connectivity index is 2.30. The fourth-order valence-electron chi connectivity index (χ4n) is 2.27. The van der Waals surface area contributed by atoms with Crippen molar-refractivity contribution < 1.29 is 27.8 Å². The molecule has 0 heterocycles. The van der Waals surface area contributed by atoms with Gasteiger partial charge in [0.1, 0.15) is 18.1 Å². The molecule has 0 saturated heterocycles. The van der Waals surface area contributed by atoms with Crippen molar-refractivity contribution in [1.82, 2.24) is 0 Å². The van der Waals surface area contributed by atoms with Crippen LogP contribution in [0, 0.1) is 6.92 Å². The molecule has 25 heavy (non-hydrogen) atoms. The number of halogens is 2. The summed E-state index contributed by atoms with van der Waals surface area (Å²) in [6.07, 6.45) is -3.53. The molecule has 0 aromatic heterocycles. The Morgan fingerprint density at radius 2 is 1.96 bits per heavy atom. The van der Waals surface area contributed by atoms with Crippen LogP contribution in [-0.2, 0) is 17.1 Å². The molecule has 0 saturated carbocycles. The molecule has 7 heteroatoms. The minimum Gasteiger partial charge on any atom is -0.488 e. The molecule has 0 N–H and O–H groups in total. The summed E-state index contributed by atoms with van der Waals surface area (Å²) >= 11 is 4.24. The summed E-state index contributed by atoms with van der Waals surface area (Å²) in [5.41, 5.74) is 1.84. The number of benzene rings is 2. The van der Waals surface area contributed by atoms with E-state index in [1.165, 1.54) is 19.2 Å². The topological polar surface area (TPSA) is 44.8 Å². The number of hydrogen-bond acceptors (Lipinski definition) is 5.